The third-order valence-electron chi connectivity index (χ3n) is 2.98. The molecule has 0 aromatic heterocycles. The highest BCUT2D eigenvalue weighted by Crippen LogP contribution is 2.54. The number of hydrogen-bond donors (Lipinski definition) is 2. The Labute approximate surface area is 81.4 Å². The lowest BCUT2D eigenvalue weighted by atomic mass is 10.0. The first-order chi connectivity index (χ1) is 6.66. The van der Waals surface area contributed by atoms with Crippen molar-refractivity contribution in [2.45, 2.75) is 19.3 Å². The summed E-state index contributed by atoms with van der Waals surface area (Å²) in [4.78, 5) is 26.0. The van der Waals surface area contributed by atoms with Crippen molar-refractivity contribution >= 4 is 11.9 Å². The summed E-state index contributed by atoms with van der Waals surface area (Å²) in [6.45, 7) is -0.481. The van der Waals surface area contributed by atoms with Gasteiger partial charge in [0.25, 0.3) is 0 Å². The molecule has 0 aliphatic heterocycles. The largest absolute Gasteiger partial charge is 0.479 e. The molecule has 2 N–H and O–H groups in total. The normalized spacial score (nSPS) is 33.6. The molecule has 2 fully saturated rings. The number of carbonyl (C=O) groups excluding carboxylic acids is 1. The zero-order chi connectivity index (χ0) is 10.1. The number of fused-ring (bicyclic) bond motifs is 1. The van der Waals surface area contributed by atoms with Crippen LogP contribution in [0, 0.1) is 17.8 Å². The number of amides is 1. The summed E-state index contributed by atoms with van der Waals surface area (Å²) in [6.07, 6.45) is 3.14. The maximum Gasteiger partial charge on any atom is 0.332 e. The Balaban J connectivity index is 1.66. The fraction of sp³-hybridized carbons (Fsp3) is 0.778. The van der Waals surface area contributed by atoms with E-state index in [0.29, 0.717) is 0 Å². The van der Waals surface area contributed by atoms with Gasteiger partial charge in [0, 0.05) is 5.92 Å². The fourth-order valence-electron chi connectivity index (χ4n) is 2.18. The number of hydroxylamine groups is 1. The summed E-state index contributed by atoms with van der Waals surface area (Å²) in [5, 5.41) is 8.26. The first-order valence-corrected chi connectivity index (χ1v) is 4.80. The van der Waals surface area contributed by atoms with Crippen LogP contribution in [0.4, 0.5) is 0 Å². The summed E-state index contributed by atoms with van der Waals surface area (Å²) in [5.41, 5.74) is 2.18. The van der Waals surface area contributed by atoms with Crippen molar-refractivity contribution in [3.8, 4) is 0 Å². The van der Waals surface area contributed by atoms with Gasteiger partial charge in [0.05, 0.1) is 0 Å². The van der Waals surface area contributed by atoms with E-state index < -0.39 is 12.6 Å². The van der Waals surface area contributed by atoms with Crippen LogP contribution in [0.5, 0.6) is 0 Å². The van der Waals surface area contributed by atoms with Crippen molar-refractivity contribution in [1.29, 1.82) is 0 Å². The maximum absolute atomic E-state index is 11.4. The van der Waals surface area contributed by atoms with Crippen LogP contribution in [0.15, 0.2) is 0 Å². The zero-order valence-corrected chi connectivity index (χ0v) is 7.73. The Bertz CT molecular complexity index is 256. The molecule has 78 valence electrons. The summed E-state index contributed by atoms with van der Waals surface area (Å²) in [5.74, 6) is 0.265. The lowest BCUT2D eigenvalue weighted by molar-refractivity contribution is -0.150. The van der Waals surface area contributed by atoms with Crippen LogP contribution in [0.2, 0.25) is 0 Å². The van der Waals surface area contributed by atoms with Crippen LogP contribution < -0.4 is 5.48 Å². The van der Waals surface area contributed by atoms with Crippen LogP contribution in [0.25, 0.3) is 0 Å². The second kappa shape index (κ2) is 3.57. The van der Waals surface area contributed by atoms with E-state index in [2.05, 4.69) is 10.3 Å². The molecule has 2 aliphatic rings. The van der Waals surface area contributed by atoms with E-state index in [0.717, 1.165) is 24.7 Å². The van der Waals surface area contributed by atoms with E-state index >= 15 is 0 Å². The molecule has 0 spiro atoms. The summed E-state index contributed by atoms with van der Waals surface area (Å²) >= 11 is 0. The van der Waals surface area contributed by atoms with Gasteiger partial charge in [-0.25, -0.2) is 10.3 Å². The monoisotopic (exact) mass is 199 g/mol. The van der Waals surface area contributed by atoms with Crippen molar-refractivity contribution in [1.82, 2.24) is 5.48 Å². The molecule has 2 saturated carbocycles. The van der Waals surface area contributed by atoms with Gasteiger partial charge in [-0.15, -0.1) is 0 Å². The van der Waals surface area contributed by atoms with Gasteiger partial charge in [-0.1, -0.05) is 0 Å². The second-order valence-corrected chi connectivity index (χ2v) is 4.07. The maximum atomic E-state index is 11.4. The molecule has 2 aliphatic carbocycles. The Kier molecular flexibility index (Phi) is 2.41. The molecule has 0 saturated heterocycles. The molecular formula is C9H13NO4. The fourth-order valence-corrected chi connectivity index (χ4v) is 2.18. The Morgan fingerprint density at radius 2 is 1.93 bits per heavy atom. The van der Waals surface area contributed by atoms with Crippen LogP contribution in [-0.4, -0.2) is 23.6 Å². The van der Waals surface area contributed by atoms with E-state index in [9.17, 15) is 9.59 Å². The smallest absolute Gasteiger partial charge is 0.332 e. The van der Waals surface area contributed by atoms with E-state index in [1.165, 1.54) is 6.42 Å². The van der Waals surface area contributed by atoms with E-state index in [4.69, 9.17) is 5.11 Å². The van der Waals surface area contributed by atoms with Crippen LogP contribution in [0.3, 0.4) is 0 Å². The molecule has 5 heteroatoms. The lowest BCUT2D eigenvalue weighted by Gasteiger charge is -2.10. The third-order valence-corrected chi connectivity index (χ3v) is 2.98. The van der Waals surface area contributed by atoms with Gasteiger partial charge in [-0.3, -0.25) is 9.63 Å². The van der Waals surface area contributed by atoms with Gasteiger partial charge in [0.1, 0.15) is 0 Å². The summed E-state index contributed by atoms with van der Waals surface area (Å²) in [7, 11) is 0. The highest BCUT2D eigenvalue weighted by molar-refractivity contribution is 5.78. The van der Waals surface area contributed by atoms with Crippen LogP contribution in [0.1, 0.15) is 19.3 Å². The first-order valence-electron chi connectivity index (χ1n) is 4.80. The molecule has 0 bridgehead atoms. The molecule has 2 rings (SSSR count). The molecule has 5 nitrogen and oxygen atoms in total. The SMILES string of the molecule is O=C(O)CONC(=O)C1CC2CC2C1. The number of hydrogen-bond acceptors (Lipinski definition) is 3. The minimum absolute atomic E-state index is 0.0348. The topological polar surface area (TPSA) is 75.6 Å². The van der Waals surface area contributed by atoms with Gasteiger partial charge >= 0.3 is 5.97 Å². The number of carboxylic acid groups (broad SMARTS) is 1. The number of nitrogens with one attached hydrogen (secondary N) is 1. The molecule has 0 radical (unpaired) electrons. The van der Waals surface area contributed by atoms with Crippen molar-refractivity contribution in [2.24, 2.45) is 17.8 Å². The highest BCUT2D eigenvalue weighted by Gasteiger charge is 2.48. The standard InChI is InChI=1S/C9H13NO4/c11-8(12)4-14-10-9(13)7-2-5-1-6(5)3-7/h5-7H,1-4H2,(H,10,13)(H,11,12). The Hall–Kier alpha value is -1.10. The van der Waals surface area contributed by atoms with Gasteiger partial charge in [0.15, 0.2) is 6.61 Å². The molecule has 0 heterocycles. The van der Waals surface area contributed by atoms with Crippen LogP contribution in [-0.2, 0) is 14.4 Å². The van der Waals surface area contributed by atoms with Crippen molar-refractivity contribution in [2.75, 3.05) is 6.61 Å². The van der Waals surface area contributed by atoms with E-state index in [-0.39, 0.29) is 11.8 Å². The average molecular weight is 199 g/mol. The average Bonchev–Trinajstić information content (AvgIpc) is 2.73. The minimum atomic E-state index is -1.08. The second-order valence-electron chi connectivity index (χ2n) is 4.07. The summed E-state index contributed by atoms with van der Waals surface area (Å²) in [6, 6.07) is 0. The summed E-state index contributed by atoms with van der Waals surface area (Å²) < 4.78 is 0. The number of aliphatic carboxylic acids is 1. The van der Waals surface area contributed by atoms with Gasteiger partial charge in [-0.05, 0) is 31.1 Å². The zero-order valence-electron chi connectivity index (χ0n) is 7.73. The molecule has 14 heavy (non-hydrogen) atoms. The molecule has 0 aromatic rings. The van der Waals surface area contributed by atoms with Crippen molar-refractivity contribution in [3.05, 3.63) is 0 Å². The molecule has 0 aromatic carbocycles. The number of rotatable bonds is 4. The third kappa shape index (κ3) is 2.04. The molecule has 1 amide bonds. The van der Waals surface area contributed by atoms with Gasteiger partial charge < -0.3 is 5.11 Å². The number of carbonyl (C=O) groups is 2. The van der Waals surface area contributed by atoms with Gasteiger partial charge in [-0.2, -0.15) is 0 Å². The first kappa shape index (κ1) is 9.45. The van der Waals surface area contributed by atoms with Crippen LogP contribution >= 0.6 is 0 Å². The Morgan fingerprint density at radius 3 is 2.50 bits per heavy atom. The van der Waals surface area contributed by atoms with Crippen molar-refractivity contribution < 1.29 is 19.5 Å². The highest BCUT2D eigenvalue weighted by atomic mass is 16.7. The van der Waals surface area contributed by atoms with Crippen molar-refractivity contribution in [3.63, 3.8) is 0 Å². The molecular weight excluding hydrogens is 186 g/mol. The lowest BCUT2D eigenvalue weighted by Crippen LogP contribution is -2.31. The quantitative estimate of drug-likeness (QED) is 0.632. The Morgan fingerprint density at radius 1 is 1.29 bits per heavy atom. The molecule has 2 atom stereocenters. The number of carboxylic acids is 1. The van der Waals surface area contributed by atoms with E-state index in [1.807, 2.05) is 0 Å². The molecule has 2 unspecified atom stereocenters. The van der Waals surface area contributed by atoms with E-state index in [1.54, 1.807) is 0 Å². The predicted molar refractivity (Wildman–Crippen MR) is 46.1 cm³/mol. The minimum Gasteiger partial charge on any atom is -0.479 e. The van der Waals surface area contributed by atoms with Gasteiger partial charge in [0.2, 0.25) is 5.91 Å². The predicted octanol–water partition coefficient (Wildman–Crippen LogP) is 0.165.